The van der Waals surface area contributed by atoms with Gasteiger partial charge in [-0.05, 0) is 38.0 Å². The molecular weight excluding hydrogens is 176 g/mol. The van der Waals surface area contributed by atoms with E-state index in [9.17, 15) is 5.11 Å². The maximum absolute atomic E-state index is 9.73. The maximum atomic E-state index is 9.73. The van der Waals surface area contributed by atoms with Gasteiger partial charge >= 0.3 is 0 Å². The fraction of sp³-hybridized carbons (Fsp3) is 0.500. The lowest BCUT2D eigenvalue weighted by Crippen LogP contribution is -2.31. The Morgan fingerprint density at radius 2 is 2.14 bits per heavy atom. The van der Waals surface area contributed by atoms with Gasteiger partial charge in [0.25, 0.3) is 0 Å². The second-order valence-corrected chi connectivity index (χ2v) is 3.96. The Kier molecular flexibility index (Phi) is 3.53. The van der Waals surface area contributed by atoms with Crippen LogP contribution in [0.3, 0.4) is 0 Å². The monoisotopic (exact) mass is 194 g/mol. The van der Waals surface area contributed by atoms with Crippen LogP contribution in [0, 0.1) is 6.92 Å². The van der Waals surface area contributed by atoms with Crippen molar-refractivity contribution in [2.45, 2.75) is 32.8 Å². The maximum Gasteiger partial charge on any atom is 0.119 e. The molecule has 14 heavy (non-hydrogen) atoms. The normalized spacial score (nSPS) is 14.9. The van der Waals surface area contributed by atoms with Crippen molar-refractivity contribution >= 4 is 0 Å². The van der Waals surface area contributed by atoms with Gasteiger partial charge in [0.05, 0.1) is 5.60 Å². The molecule has 0 bridgehead atoms. The first-order valence-corrected chi connectivity index (χ1v) is 4.95. The van der Waals surface area contributed by atoms with Crippen LogP contribution in [0.15, 0.2) is 24.3 Å². The van der Waals surface area contributed by atoms with Crippen molar-refractivity contribution in [3.8, 4) is 5.75 Å². The zero-order valence-electron chi connectivity index (χ0n) is 9.08. The number of hydrogen-bond acceptors (Lipinski definition) is 2. The topological polar surface area (TPSA) is 29.5 Å². The van der Waals surface area contributed by atoms with Crippen LogP contribution in [-0.4, -0.2) is 17.3 Å². The fourth-order valence-corrected chi connectivity index (χ4v) is 1.05. The summed E-state index contributed by atoms with van der Waals surface area (Å²) in [5.41, 5.74) is 0.433. The molecule has 0 spiro atoms. The third kappa shape index (κ3) is 3.38. The van der Waals surface area contributed by atoms with E-state index in [-0.39, 0.29) is 0 Å². The standard InChI is InChI=1S/C12H18O2/c1-4-12(3,13)9-14-11-7-5-6-10(2)8-11/h5-8,13H,4,9H2,1-3H3. The van der Waals surface area contributed by atoms with Gasteiger partial charge in [-0.15, -0.1) is 0 Å². The van der Waals surface area contributed by atoms with E-state index in [1.54, 1.807) is 6.92 Å². The first-order chi connectivity index (χ1) is 6.53. The van der Waals surface area contributed by atoms with Crippen molar-refractivity contribution in [2.24, 2.45) is 0 Å². The zero-order valence-corrected chi connectivity index (χ0v) is 9.08. The van der Waals surface area contributed by atoms with Gasteiger partial charge in [-0.1, -0.05) is 19.1 Å². The highest BCUT2D eigenvalue weighted by Gasteiger charge is 2.18. The first kappa shape index (κ1) is 11.1. The average molecular weight is 194 g/mol. The van der Waals surface area contributed by atoms with E-state index in [1.165, 1.54) is 5.56 Å². The number of rotatable bonds is 4. The molecule has 0 aliphatic heterocycles. The number of hydrogen-bond donors (Lipinski definition) is 1. The van der Waals surface area contributed by atoms with Crippen molar-refractivity contribution in [1.29, 1.82) is 0 Å². The summed E-state index contributed by atoms with van der Waals surface area (Å²) < 4.78 is 5.49. The average Bonchev–Trinajstić information content (AvgIpc) is 2.15. The van der Waals surface area contributed by atoms with E-state index >= 15 is 0 Å². The Morgan fingerprint density at radius 1 is 1.43 bits per heavy atom. The number of aryl methyl sites for hydroxylation is 1. The van der Waals surface area contributed by atoms with Crippen LogP contribution in [0.1, 0.15) is 25.8 Å². The molecule has 1 unspecified atom stereocenters. The number of benzene rings is 1. The minimum atomic E-state index is -0.732. The SMILES string of the molecule is CCC(C)(O)COc1cccc(C)c1. The van der Waals surface area contributed by atoms with Crippen molar-refractivity contribution < 1.29 is 9.84 Å². The molecule has 2 heteroatoms. The molecule has 1 rings (SSSR count). The van der Waals surface area contributed by atoms with Crippen LogP contribution in [0.5, 0.6) is 5.75 Å². The Labute approximate surface area is 85.5 Å². The summed E-state index contributed by atoms with van der Waals surface area (Å²) in [5, 5.41) is 9.73. The predicted molar refractivity (Wildman–Crippen MR) is 57.6 cm³/mol. The van der Waals surface area contributed by atoms with Crippen molar-refractivity contribution in [3.63, 3.8) is 0 Å². The van der Waals surface area contributed by atoms with Crippen LogP contribution < -0.4 is 4.74 Å². The summed E-state index contributed by atoms with van der Waals surface area (Å²) in [6, 6.07) is 7.83. The lowest BCUT2D eigenvalue weighted by atomic mass is 10.1. The van der Waals surface area contributed by atoms with Gasteiger partial charge in [-0.25, -0.2) is 0 Å². The van der Waals surface area contributed by atoms with Crippen LogP contribution in [0.2, 0.25) is 0 Å². The minimum absolute atomic E-state index is 0.340. The third-order valence-electron chi connectivity index (χ3n) is 2.30. The van der Waals surface area contributed by atoms with Crippen LogP contribution in [0.4, 0.5) is 0 Å². The fourth-order valence-electron chi connectivity index (χ4n) is 1.05. The quantitative estimate of drug-likeness (QED) is 0.798. The molecule has 78 valence electrons. The van der Waals surface area contributed by atoms with Gasteiger partial charge in [0.2, 0.25) is 0 Å². The molecule has 0 aliphatic rings. The van der Waals surface area contributed by atoms with E-state index in [2.05, 4.69) is 0 Å². The van der Waals surface area contributed by atoms with Gasteiger partial charge in [0.15, 0.2) is 0 Å². The molecule has 0 heterocycles. The summed E-state index contributed by atoms with van der Waals surface area (Å²) in [6.07, 6.45) is 0.693. The molecule has 0 aromatic heterocycles. The largest absolute Gasteiger partial charge is 0.491 e. The highest BCUT2D eigenvalue weighted by molar-refractivity contribution is 5.27. The Balaban J connectivity index is 2.54. The molecule has 0 amide bonds. The van der Waals surface area contributed by atoms with Crippen molar-refractivity contribution in [3.05, 3.63) is 29.8 Å². The summed E-state index contributed by atoms with van der Waals surface area (Å²) in [5.74, 6) is 0.818. The number of aliphatic hydroxyl groups is 1. The molecular formula is C12H18O2. The number of ether oxygens (including phenoxy) is 1. The Morgan fingerprint density at radius 3 is 2.71 bits per heavy atom. The van der Waals surface area contributed by atoms with E-state index in [0.29, 0.717) is 13.0 Å². The lowest BCUT2D eigenvalue weighted by molar-refractivity contribution is 0.00845. The third-order valence-corrected chi connectivity index (χ3v) is 2.30. The van der Waals surface area contributed by atoms with E-state index in [1.807, 2.05) is 38.1 Å². The van der Waals surface area contributed by atoms with Crippen LogP contribution >= 0.6 is 0 Å². The molecule has 2 nitrogen and oxygen atoms in total. The zero-order chi connectivity index (χ0) is 10.6. The van der Waals surface area contributed by atoms with Gasteiger partial charge in [0, 0.05) is 0 Å². The molecule has 1 N–H and O–H groups in total. The van der Waals surface area contributed by atoms with Gasteiger partial charge in [-0.2, -0.15) is 0 Å². The second kappa shape index (κ2) is 4.47. The molecule has 0 saturated carbocycles. The summed E-state index contributed by atoms with van der Waals surface area (Å²) in [7, 11) is 0. The highest BCUT2D eigenvalue weighted by Crippen LogP contribution is 2.16. The van der Waals surface area contributed by atoms with Gasteiger partial charge in [0.1, 0.15) is 12.4 Å². The lowest BCUT2D eigenvalue weighted by Gasteiger charge is -2.21. The molecule has 0 radical (unpaired) electrons. The van der Waals surface area contributed by atoms with Crippen molar-refractivity contribution in [1.82, 2.24) is 0 Å². The second-order valence-electron chi connectivity index (χ2n) is 3.96. The predicted octanol–water partition coefficient (Wildman–Crippen LogP) is 2.53. The van der Waals surface area contributed by atoms with Gasteiger partial charge < -0.3 is 9.84 Å². The Bertz CT molecular complexity index is 292. The van der Waals surface area contributed by atoms with E-state index < -0.39 is 5.60 Å². The summed E-state index contributed by atoms with van der Waals surface area (Å²) in [6.45, 7) is 6.08. The first-order valence-electron chi connectivity index (χ1n) is 4.95. The molecule has 1 aromatic rings. The minimum Gasteiger partial charge on any atom is -0.491 e. The van der Waals surface area contributed by atoms with Crippen LogP contribution in [-0.2, 0) is 0 Å². The van der Waals surface area contributed by atoms with Gasteiger partial charge in [-0.3, -0.25) is 0 Å². The molecule has 0 saturated heterocycles. The van der Waals surface area contributed by atoms with Crippen LogP contribution in [0.25, 0.3) is 0 Å². The molecule has 0 aliphatic carbocycles. The van der Waals surface area contributed by atoms with E-state index in [0.717, 1.165) is 5.75 Å². The van der Waals surface area contributed by atoms with Crippen molar-refractivity contribution in [2.75, 3.05) is 6.61 Å². The highest BCUT2D eigenvalue weighted by atomic mass is 16.5. The molecule has 0 fully saturated rings. The molecule has 1 atom stereocenters. The smallest absolute Gasteiger partial charge is 0.119 e. The summed E-state index contributed by atoms with van der Waals surface area (Å²) >= 11 is 0. The summed E-state index contributed by atoms with van der Waals surface area (Å²) in [4.78, 5) is 0. The van der Waals surface area contributed by atoms with E-state index in [4.69, 9.17) is 4.74 Å². The molecule has 1 aromatic carbocycles. The Hall–Kier alpha value is -1.02.